The average molecular weight is 310 g/mol. The zero-order valence-electron chi connectivity index (χ0n) is 11.3. The first kappa shape index (κ1) is 14.3. The van der Waals surface area contributed by atoms with Crippen LogP contribution in [0.1, 0.15) is 36.0 Å². The number of fused-ring (bicyclic) bond motifs is 2. The van der Waals surface area contributed by atoms with Gasteiger partial charge in [-0.25, -0.2) is 0 Å². The van der Waals surface area contributed by atoms with E-state index in [0.29, 0.717) is 17.1 Å². The maximum absolute atomic E-state index is 12.3. The second-order valence-electron chi connectivity index (χ2n) is 5.70. The van der Waals surface area contributed by atoms with Crippen LogP contribution in [0.4, 0.5) is 5.69 Å². The fourth-order valence-electron chi connectivity index (χ4n) is 3.29. The van der Waals surface area contributed by atoms with Crippen molar-refractivity contribution in [3.8, 4) is 0 Å². The highest BCUT2D eigenvalue weighted by atomic mass is 35.5. The van der Waals surface area contributed by atoms with Crippen LogP contribution in [-0.2, 0) is 0 Å². The number of hydrogen-bond donors (Lipinski definition) is 2. The number of nitro benzene ring substituents is 1. The van der Waals surface area contributed by atoms with Crippen molar-refractivity contribution >= 4 is 23.2 Å². The Labute approximate surface area is 127 Å². The van der Waals surface area contributed by atoms with Crippen LogP contribution >= 0.6 is 11.6 Å². The summed E-state index contributed by atoms with van der Waals surface area (Å²) in [6, 6.07) is 5.00. The highest BCUT2D eigenvalue weighted by Crippen LogP contribution is 2.28. The molecular formula is C14H16ClN3O3. The van der Waals surface area contributed by atoms with Crippen molar-refractivity contribution in [3.05, 3.63) is 38.9 Å². The van der Waals surface area contributed by atoms with Gasteiger partial charge in [0.15, 0.2) is 0 Å². The molecule has 2 aliphatic heterocycles. The number of carbonyl (C=O) groups excluding carboxylic acids is 1. The number of nitrogens with one attached hydrogen (secondary N) is 2. The minimum absolute atomic E-state index is 0.0263. The Hall–Kier alpha value is -1.66. The molecule has 1 amide bonds. The van der Waals surface area contributed by atoms with Crippen molar-refractivity contribution in [2.24, 2.45) is 0 Å². The maximum Gasteiger partial charge on any atom is 0.282 e. The second kappa shape index (κ2) is 5.61. The van der Waals surface area contributed by atoms with E-state index in [0.717, 1.165) is 25.7 Å². The molecule has 0 radical (unpaired) electrons. The lowest BCUT2D eigenvalue weighted by molar-refractivity contribution is -0.385. The van der Waals surface area contributed by atoms with Gasteiger partial charge in [-0.3, -0.25) is 14.9 Å². The van der Waals surface area contributed by atoms with Crippen LogP contribution in [0.5, 0.6) is 0 Å². The number of hydrogen-bond acceptors (Lipinski definition) is 4. The number of rotatable bonds is 3. The Morgan fingerprint density at radius 2 is 2.00 bits per heavy atom. The molecule has 0 aliphatic carbocycles. The molecular weight excluding hydrogens is 294 g/mol. The number of nitro groups is 1. The van der Waals surface area contributed by atoms with Crippen molar-refractivity contribution in [2.45, 2.75) is 43.8 Å². The van der Waals surface area contributed by atoms with Crippen molar-refractivity contribution < 1.29 is 9.72 Å². The number of carbonyl (C=O) groups is 1. The summed E-state index contributed by atoms with van der Waals surface area (Å²) in [5, 5.41) is 17.7. The van der Waals surface area contributed by atoms with Crippen LogP contribution < -0.4 is 10.6 Å². The highest BCUT2D eigenvalue weighted by molar-refractivity contribution is 6.31. The Balaban J connectivity index is 1.76. The summed E-state index contributed by atoms with van der Waals surface area (Å²) >= 11 is 5.85. The van der Waals surface area contributed by atoms with E-state index in [1.807, 2.05) is 0 Å². The van der Waals surface area contributed by atoms with Gasteiger partial charge in [-0.05, 0) is 37.8 Å². The van der Waals surface area contributed by atoms with E-state index < -0.39 is 10.8 Å². The summed E-state index contributed by atoms with van der Waals surface area (Å²) in [6.45, 7) is 0. The number of halogens is 1. The third-order valence-corrected chi connectivity index (χ3v) is 4.44. The molecule has 0 spiro atoms. The summed E-state index contributed by atoms with van der Waals surface area (Å²) < 4.78 is 0. The van der Waals surface area contributed by atoms with Gasteiger partial charge in [-0.1, -0.05) is 11.6 Å². The molecule has 2 bridgehead atoms. The minimum Gasteiger partial charge on any atom is -0.349 e. The summed E-state index contributed by atoms with van der Waals surface area (Å²) in [5.74, 6) is -0.421. The van der Waals surface area contributed by atoms with Gasteiger partial charge in [0.2, 0.25) is 0 Å². The molecule has 0 saturated carbocycles. The van der Waals surface area contributed by atoms with E-state index in [2.05, 4.69) is 10.6 Å². The zero-order valence-corrected chi connectivity index (χ0v) is 12.1. The average Bonchev–Trinajstić information content (AvgIpc) is 2.77. The lowest BCUT2D eigenvalue weighted by Gasteiger charge is -2.29. The second-order valence-corrected chi connectivity index (χ2v) is 6.13. The monoisotopic (exact) mass is 309 g/mol. The molecule has 2 fully saturated rings. The smallest absolute Gasteiger partial charge is 0.282 e. The quantitative estimate of drug-likeness (QED) is 0.662. The van der Waals surface area contributed by atoms with Gasteiger partial charge in [-0.15, -0.1) is 0 Å². The first-order valence-corrected chi connectivity index (χ1v) is 7.41. The van der Waals surface area contributed by atoms with E-state index >= 15 is 0 Å². The fraction of sp³-hybridized carbons (Fsp3) is 0.500. The van der Waals surface area contributed by atoms with E-state index in [1.165, 1.54) is 18.2 Å². The molecule has 3 rings (SSSR count). The number of amides is 1. The SMILES string of the molecule is O=C(NC1CC2CCC(C1)N2)c1cc(Cl)ccc1[N+](=O)[O-]. The highest BCUT2D eigenvalue weighted by Gasteiger charge is 2.34. The molecule has 2 atom stereocenters. The van der Waals surface area contributed by atoms with Gasteiger partial charge in [0.05, 0.1) is 4.92 Å². The molecule has 21 heavy (non-hydrogen) atoms. The Kier molecular flexibility index (Phi) is 3.82. The van der Waals surface area contributed by atoms with Crippen LogP contribution in [0.2, 0.25) is 5.02 Å². The summed E-state index contributed by atoms with van der Waals surface area (Å²) in [5.41, 5.74) is -0.188. The molecule has 6 nitrogen and oxygen atoms in total. The van der Waals surface area contributed by atoms with Crippen LogP contribution in [0.3, 0.4) is 0 Å². The molecule has 7 heteroatoms. The van der Waals surface area contributed by atoms with Gasteiger partial charge in [0.1, 0.15) is 5.56 Å². The third-order valence-electron chi connectivity index (χ3n) is 4.21. The van der Waals surface area contributed by atoms with Crippen molar-refractivity contribution in [1.82, 2.24) is 10.6 Å². The summed E-state index contributed by atoms with van der Waals surface area (Å²) in [6.07, 6.45) is 4.01. The molecule has 0 aromatic heterocycles. The molecule has 2 heterocycles. The summed E-state index contributed by atoms with van der Waals surface area (Å²) in [7, 11) is 0. The largest absolute Gasteiger partial charge is 0.349 e. The number of piperidine rings is 1. The van der Waals surface area contributed by atoms with Gasteiger partial charge < -0.3 is 10.6 Å². The normalized spacial score (nSPS) is 27.4. The molecule has 2 N–H and O–H groups in total. The van der Waals surface area contributed by atoms with Crippen molar-refractivity contribution in [3.63, 3.8) is 0 Å². The molecule has 1 aromatic rings. The predicted octanol–water partition coefficient (Wildman–Crippen LogP) is 2.26. The number of benzene rings is 1. The Bertz CT molecular complexity index is 581. The fourth-order valence-corrected chi connectivity index (χ4v) is 3.46. The third kappa shape index (κ3) is 3.01. The van der Waals surface area contributed by atoms with Crippen molar-refractivity contribution in [1.29, 1.82) is 0 Å². The van der Waals surface area contributed by atoms with Gasteiger partial charge in [-0.2, -0.15) is 0 Å². The van der Waals surface area contributed by atoms with Crippen LogP contribution in [0.25, 0.3) is 0 Å². The number of nitrogens with zero attached hydrogens (tertiary/aromatic N) is 1. The van der Waals surface area contributed by atoms with Gasteiger partial charge >= 0.3 is 0 Å². The van der Waals surface area contributed by atoms with Gasteiger partial charge in [0, 0.05) is 29.2 Å². The predicted molar refractivity (Wildman–Crippen MR) is 78.5 cm³/mol. The standard InChI is InChI=1S/C14H16ClN3O3/c15-8-1-4-13(18(20)21)12(5-8)14(19)17-11-6-9-2-3-10(7-11)16-9/h1,4-5,9-11,16H,2-3,6-7H2,(H,17,19). The molecule has 2 unspecified atom stereocenters. The molecule has 2 aliphatic rings. The topological polar surface area (TPSA) is 84.3 Å². The Morgan fingerprint density at radius 3 is 2.62 bits per heavy atom. The van der Waals surface area contributed by atoms with E-state index in [1.54, 1.807) is 0 Å². The van der Waals surface area contributed by atoms with Crippen molar-refractivity contribution in [2.75, 3.05) is 0 Å². The first-order valence-electron chi connectivity index (χ1n) is 7.04. The van der Waals surface area contributed by atoms with Crippen LogP contribution in [-0.4, -0.2) is 29.0 Å². The van der Waals surface area contributed by atoms with Crippen LogP contribution in [0.15, 0.2) is 18.2 Å². The first-order chi connectivity index (χ1) is 10.0. The van der Waals surface area contributed by atoms with Gasteiger partial charge in [0.25, 0.3) is 11.6 Å². The van der Waals surface area contributed by atoms with E-state index in [9.17, 15) is 14.9 Å². The maximum atomic E-state index is 12.3. The van der Waals surface area contributed by atoms with E-state index in [-0.39, 0.29) is 17.3 Å². The summed E-state index contributed by atoms with van der Waals surface area (Å²) in [4.78, 5) is 22.8. The Morgan fingerprint density at radius 1 is 1.33 bits per heavy atom. The molecule has 1 aromatic carbocycles. The lowest BCUT2D eigenvalue weighted by atomic mass is 9.99. The van der Waals surface area contributed by atoms with Crippen LogP contribution in [0, 0.1) is 10.1 Å². The lowest BCUT2D eigenvalue weighted by Crippen LogP contribution is -2.48. The van der Waals surface area contributed by atoms with E-state index in [4.69, 9.17) is 11.6 Å². The molecule has 2 saturated heterocycles. The zero-order chi connectivity index (χ0) is 15.0. The minimum atomic E-state index is -0.558. The molecule has 112 valence electrons.